The summed E-state index contributed by atoms with van der Waals surface area (Å²) in [7, 11) is 0. The minimum Gasteiger partial charge on any atom is -0.336 e. The van der Waals surface area contributed by atoms with Crippen molar-refractivity contribution in [2.75, 3.05) is 18.8 Å². The lowest BCUT2D eigenvalue weighted by atomic mass is 10.1. The van der Waals surface area contributed by atoms with E-state index in [1.54, 1.807) is 0 Å². The molecular weight excluding hydrogens is 250 g/mol. The first-order valence-corrected chi connectivity index (χ1v) is 6.95. The molecule has 98 valence electrons. The average molecular weight is 267 g/mol. The van der Waals surface area contributed by atoms with Crippen LogP contribution in [0.5, 0.6) is 0 Å². The summed E-state index contributed by atoms with van der Waals surface area (Å²) in [6.07, 6.45) is 0.965. The Morgan fingerprint density at radius 1 is 1.44 bits per heavy atom. The molecule has 1 amide bonds. The third-order valence-corrected chi connectivity index (χ3v) is 4.40. The maximum absolute atomic E-state index is 12.2. The molecule has 0 saturated carbocycles. The highest BCUT2D eigenvalue weighted by Crippen LogP contribution is 2.30. The Morgan fingerprint density at radius 2 is 2.22 bits per heavy atom. The van der Waals surface area contributed by atoms with Crippen LogP contribution in [0.15, 0.2) is 16.9 Å². The summed E-state index contributed by atoms with van der Waals surface area (Å²) >= 11 is 1.89. The van der Waals surface area contributed by atoms with Crippen molar-refractivity contribution in [2.24, 2.45) is 0 Å². The van der Waals surface area contributed by atoms with E-state index in [1.165, 1.54) is 12.1 Å². The summed E-state index contributed by atoms with van der Waals surface area (Å²) in [5.74, 6) is 0.826. The molecule has 6 heteroatoms. The predicted octanol–water partition coefficient (Wildman–Crippen LogP) is 1.13. The highest BCUT2D eigenvalue weighted by Gasteiger charge is 2.26. The number of carbonyl (C=O) groups excluding carboxylic acids is 1. The first kappa shape index (κ1) is 13.1. The van der Waals surface area contributed by atoms with Gasteiger partial charge >= 0.3 is 0 Å². The third kappa shape index (κ3) is 3.13. The molecule has 1 aromatic rings. The van der Waals surface area contributed by atoms with Crippen LogP contribution in [0.4, 0.5) is 0 Å². The van der Waals surface area contributed by atoms with Crippen LogP contribution in [0.2, 0.25) is 0 Å². The van der Waals surface area contributed by atoms with Gasteiger partial charge in [-0.05, 0) is 12.5 Å². The third-order valence-electron chi connectivity index (χ3n) is 3.02. The van der Waals surface area contributed by atoms with Gasteiger partial charge in [0.25, 0.3) is 11.5 Å². The van der Waals surface area contributed by atoms with E-state index in [9.17, 15) is 9.59 Å². The monoisotopic (exact) mass is 267 g/mol. The maximum Gasteiger partial charge on any atom is 0.274 e. The first-order chi connectivity index (χ1) is 8.48. The van der Waals surface area contributed by atoms with Gasteiger partial charge in [0.15, 0.2) is 0 Å². The van der Waals surface area contributed by atoms with Crippen LogP contribution in [0.1, 0.15) is 30.8 Å². The number of aromatic amines is 1. The molecule has 0 bridgehead atoms. The topological polar surface area (TPSA) is 66.1 Å². The predicted molar refractivity (Wildman–Crippen MR) is 71.9 cm³/mol. The van der Waals surface area contributed by atoms with E-state index in [4.69, 9.17) is 0 Å². The molecular formula is C12H17N3O2S. The fraction of sp³-hybridized carbons (Fsp3) is 0.583. The van der Waals surface area contributed by atoms with Gasteiger partial charge in [0.2, 0.25) is 0 Å². The van der Waals surface area contributed by atoms with Gasteiger partial charge in [0, 0.05) is 29.7 Å². The molecule has 18 heavy (non-hydrogen) atoms. The van der Waals surface area contributed by atoms with Crippen molar-refractivity contribution in [2.45, 2.75) is 25.0 Å². The van der Waals surface area contributed by atoms with Crippen LogP contribution < -0.4 is 5.56 Å². The fourth-order valence-corrected chi connectivity index (χ4v) is 2.95. The highest BCUT2D eigenvalue weighted by atomic mass is 32.2. The number of rotatable bonds is 1. The molecule has 0 radical (unpaired) electrons. The van der Waals surface area contributed by atoms with Crippen molar-refractivity contribution in [3.05, 3.63) is 28.2 Å². The number of nitrogens with one attached hydrogen (secondary N) is 1. The smallest absolute Gasteiger partial charge is 0.274 e. The summed E-state index contributed by atoms with van der Waals surface area (Å²) < 4.78 is 0.216. The highest BCUT2D eigenvalue weighted by molar-refractivity contribution is 8.00. The van der Waals surface area contributed by atoms with Gasteiger partial charge in [0.05, 0.1) is 0 Å². The Labute approximate surface area is 110 Å². The second-order valence-electron chi connectivity index (χ2n) is 4.96. The second kappa shape index (κ2) is 5.14. The largest absolute Gasteiger partial charge is 0.336 e. The molecule has 2 heterocycles. The van der Waals surface area contributed by atoms with Gasteiger partial charge in [-0.1, -0.05) is 13.8 Å². The molecule has 0 aliphatic carbocycles. The number of carbonyl (C=O) groups is 1. The van der Waals surface area contributed by atoms with E-state index in [2.05, 4.69) is 24.0 Å². The molecule has 1 N–H and O–H groups in total. The number of H-pyrrole nitrogens is 1. The van der Waals surface area contributed by atoms with Crippen molar-refractivity contribution < 1.29 is 4.79 Å². The molecule has 1 saturated heterocycles. The van der Waals surface area contributed by atoms with Gasteiger partial charge in [0.1, 0.15) is 5.69 Å². The summed E-state index contributed by atoms with van der Waals surface area (Å²) in [6, 6.07) is 2.81. The van der Waals surface area contributed by atoms with Crippen LogP contribution in [0.3, 0.4) is 0 Å². The molecule has 0 unspecified atom stereocenters. The zero-order valence-electron chi connectivity index (χ0n) is 10.6. The molecule has 0 atom stereocenters. The van der Waals surface area contributed by atoms with Crippen LogP contribution in [0, 0.1) is 0 Å². The van der Waals surface area contributed by atoms with E-state index < -0.39 is 0 Å². The summed E-state index contributed by atoms with van der Waals surface area (Å²) in [5.41, 5.74) is 0.0124. The zero-order valence-corrected chi connectivity index (χ0v) is 11.4. The lowest BCUT2D eigenvalue weighted by molar-refractivity contribution is 0.0757. The Morgan fingerprint density at radius 3 is 2.89 bits per heavy atom. The fourth-order valence-electron chi connectivity index (χ4n) is 1.85. The van der Waals surface area contributed by atoms with Crippen LogP contribution in [-0.2, 0) is 0 Å². The van der Waals surface area contributed by atoms with Crippen LogP contribution in [-0.4, -0.2) is 44.6 Å². The van der Waals surface area contributed by atoms with Gasteiger partial charge in [-0.2, -0.15) is 16.9 Å². The van der Waals surface area contributed by atoms with Gasteiger partial charge in [-0.15, -0.1) is 0 Å². The second-order valence-corrected chi connectivity index (χ2v) is 6.76. The normalized spacial score (nSPS) is 19.3. The number of thioether (sulfide) groups is 1. The Hall–Kier alpha value is -1.30. The number of aromatic nitrogens is 2. The number of nitrogens with zero attached hydrogens (tertiary/aromatic N) is 2. The van der Waals surface area contributed by atoms with Crippen molar-refractivity contribution in [1.82, 2.24) is 15.1 Å². The Bertz CT molecular complexity index is 478. The lowest BCUT2D eigenvalue weighted by Gasteiger charge is -2.22. The Kier molecular flexibility index (Phi) is 3.75. The SMILES string of the molecule is CC1(C)CCN(C(=O)c2ccc(=O)[nH]n2)CCS1. The minimum absolute atomic E-state index is 0.107. The molecule has 0 aromatic carbocycles. The van der Waals surface area contributed by atoms with Crippen molar-refractivity contribution >= 4 is 17.7 Å². The van der Waals surface area contributed by atoms with E-state index >= 15 is 0 Å². The maximum atomic E-state index is 12.2. The van der Waals surface area contributed by atoms with Gasteiger partial charge < -0.3 is 4.90 Å². The van der Waals surface area contributed by atoms with Crippen LogP contribution >= 0.6 is 11.8 Å². The molecule has 5 nitrogen and oxygen atoms in total. The summed E-state index contributed by atoms with van der Waals surface area (Å²) in [4.78, 5) is 24.9. The quantitative estimate of drug-likeness (QED) is 0.828. The Balaban J connectivity index is 2.09. The van der Waals surface area contributed by atoms with Crippen molar-refractivity contribution in [1.29, 1.82) is 0 Å². The van der Waals surface area contributed by atoms with Crippen molar-refractivity contribution in [3.8, 4) is 0 Å². The van der Waals surface area contributed by atoms with E-state index in [-0.39, 0.29) is 16.2 Å². The lowest BCUT2D eigenvalue weighted by Crippen LogP contribution is -2.34. The molecule has 2 rings (SSSR count). The summed E-state index contributed by atoms with van der Waals surface area (Å²) in [6.45, 7) is 5.86. The minimum atomic E-state index is -0.292. The van der Waals surface area contributed by atoms with Gasteiger partial charge in [-0.25, -0.2) is 5.10 Å². The molecule has 0 spiro atoms. The van der Waals surface area contributed by atoms with Gasteiger partial charge in [-0.3, -0.25) is 9.59 Å². The number of amides is 1. The van der Waals surface area contributed by atoms with Crippen LogP contribution in [0.25, 0.3) is 0 Å². The standard InChI is InChI=1S/C12H17N3O2S/c1-12(2)5-6-15(7-8-18-12)11(17)9-3-4-10(16)14-13-9/h3-4H,5-8H2,1-2H3,(H,14,16). The van der Waals surface area contributed by atoms with E-state index in [0.717, 1.165) is 25.3 Å². The molecule has 1 fully saturated rings. The average Bonchev–Trinajstić information content (AvgIpc) is 2.50. The summed E-state index contributed by atoms with van der Waals surface area (Å²) in [5, 5.41) is 6.08. The van der Waals surface area contributed by atoms with Crippen molar-refractivity contribution in [3.63, 3.8) is 0 Å². The van der Waals surface area contributed by atoms with E-state index in [1.807, 2.05) is 16.7 Å². The molecule has 1 aliphatic heterocycles. The zero-order chi connectivity index (χ0) is 13.2. The number of hydrogen-bond donors (Lipinski definition) is 1. The number of hydrogen-bond acceptors (Lipinski definition) is 4. The first-order valence-electron chi connectivity index (χ1n) is 5.97. The molecule has 1 aliphatic rings. The van der Waals surface area contributed by atoms with E-state index in [0.29, 0.717) is 5.69 Å². The molecule has 1 aromatic heterocycles.